The number of nitrogens with two attached hydrogens (primary N) is 1. The second kappa shape index (κ2) is 7.53. The second-order valence-corrected chi connectivity index (χ2v) is 9.47. The zero-order valence-corrected chi connectivity index (χ0v) is 17.5. The highest BCUT2D eigenvalue weighted by atomic mass is 16.2. The normalized spacial score (nSPS) is 30.7. The molecule has 2 heterocycles. The molecule has 0 aromatic heterocycles. The third kappa shape index (κ3) is 3.20. The first kappa shape index (κ1) is 20.3. The summed E-state index contributed by atoms with van der Waals surface area (Å²) in [5, 5.41) is 5.82. The zero-order valence-electron chi connectivity index (χ0n) is 17.5. The molecule has 0 spiro atoms. The van der Waals surface area contributed by atoms with E-state index in [9.17, 15) is 19.2 Å². The van der Waals surface area contributed by atoms with Crippen LogP contribution in [0.5, 0.6) is 0 Å². The zero-order chi connectivity index (χ0) is 21.8. The van der Waals surface area contributed by atoms with Gasteiger partial charge in [0.1, 0.15) is 6.04 Å². The van der Waals surface area contributed by atoms with Crippen LogP contribution in [0.25, 0.3) is 0 Å². The van der Waals surface area contributed by atoms with Gasteiger partial charge in [0.25, 0.3) is 11.8 Å². The molecule has 1 saturated heterocycles. The Bertz CT molecular complexity index is 966. The first-order chi connectivity index (χ1) is 14.9. The summed E-state index contributed by atoms with van der Waals surface area (Å²) in [6.45, 7) is 0.983. The Hall–Kier alpha value is -2.58. The summed E-state index contributed by atoms with van der Waals surface area (Å²) in [6, 6.07) is 4.47. The maximum atomic E-state index is 13.2. The van der Waals surface area contributed by atoms with E-state index in [1.807, 2.05) is 6.07 Å². The molecule has 2 aliphatic heterocycles. The third-order valence-corrected chi connectivity index (χ3v) is 7.86. The number of imide groups is 2. The van der Waals surface area contributed by atoms with Gasteiger partial charge in [-0.15, -0.1) is 0 Å². The van der Waals surface area contributed by atoms with Gasteiger partial charge < -0.3 is 11.1 Å². The highest BCUT2D eigenvalue weighted by Crippen LogP contribution is 2.55. The van der Waals surface area contributed by atoms with E-state index in [0.29, 0.717) is 24.2 Å². The number of benzene rings is 1. The van der Waals surface area contributed by atoms with Crippen LogP contribution in [0.15, 0.2) is 18.2 Å². The molecule has 4 N–H and O–H groups in total. The van der Waals surface area contributed by atoms with Crippen molar-refractivity contribution in [2.24, 2.45) is 17.1 Å². The Morgan fingerprint density at radius 3 is 2.55 bits per heavy atom. The van der Waals surface area contributed by atoms with Gasteiger partial charge in [0.15, 0.2) is 0 Å². The lowest BCUT2D eigenvalue weighted by Crippen LogP contribution is -2.54. The van der Waals surface area contributed by atoms with Gasteiger partial charge in [0.05, 0.1) is 11.1 Å². The van der Waals surface area contributed by atoms with Crippen molar-refractivity contribution in [2.45, 2.75) is 63.6 Å². The summed E-state index contributed by atoms with van der Waals surface area (Å²) in [5.41, 5.74) is 7.80. The minimum absolute atomic E-state index is 0.111. The van der Waals surface area contributed by atoms with E-state index in [1.165, 1.54) is 32.1 Å². The molecule has 2 unspecified atom stereocenters. The van der Waals surface area contributed by atoms with E-state index in [4.69, 9.17) is 5.73 Å². The molecule has 2 aliphatic carbocycles. The van der Waals surface area contributed by atoms with Crippen LogP contribution in [0.1, 0.15) is 71.2 Å². The van der Waals surface area contributed by atoms with Crippen LogP contribution >= 0.6 is 0 Å². The van der Waals surface area contributed by atoms with Crippen LogP contribution in [0.2, 0.25) is 0 Å². The molecule has 2 saturated carbocycles. The Kier molecular flexibility index (Phi) is 4.94. The Morgan fingerprint density at radius 1 is 1.13 bits per heavy atom. The topological polar surface area (TPSA) is 122 Å². The van der Waals surface area contributed by atoms with Crippen LogP contribution in [-0.4, -0.2) is 47.2 Å². The average molecular weight is 425 g/mol. The third-order valence-electron chi connectivity index (χ3n) is 7.86. The van der Waals surface area contributed by atoms with E-state index in [1.54, 1.807) is 12.1 Å². The van der Waals surface area contributed by atoms with E-state index >= 15 is 0 Å². The van der Waals surface area contributed by atoms with E-state index in [-0.39, 0.29) is 30.2 Å². The van der Waals surface area contributed by atoms with Crippen LogP contribution in [0.4, 0.5) is 0 Å². The fourth-order valence-corrected chi connectivity index (χ4v) is 6.24. The number of rotatable bonds is 6. The van der Waals surface area contributed by atoms with Gasteiger partial charge in [-0.2, -0.15) is 0 Å². The highest BCUT2D eigenvalue weighted by molar-refractivity contribution is 6.24. The lowest BCUT2D eigenvalue weighted by Gasteiger charge is -2.36. The number of hydrogen-bond donors (Lipinski definition) is 3. The van der Waals surface area contributed by atoms with Crippen LogP contribution in [0.3, 0.4) is 0 Å². The van der Waals surface area contributed by atoms with Crippen molar-refractivity contribution in [2.75, 3.05) is 6.54 Å². The summed E-state index contributed by atoms with van der Waals surface area (Å²) in [6.07, 6.45) is 6.41. The molecule has 4 amide bonds. The number of carbonyl (C=O) groups excluding carboxylic acids is 4. The van der Waals surface area contributed by atoms with Crippen LogP contribution in [-0.2, 0) is 16.1 Å². The number of nitrogens with one attached hydrogen (secondary N) is 2. The van der Waals surface area contributed by atoms with Crippen molar-refractivity contribution in [3.8, 4) is 0 Å². The standard InChI is InChI=1S/C23H28N4O4/c24-11-17(23-8-6-13(10-23)7-9-23)25-12-14-2-1-3-15-19(14)22(31)27(21(15)30)16-4-5-18(28)26-20(16)29/h1-3,13,16-17,25H,4-12,24H2,(H,26,28,29). The fourth-order valence-electron chi connectivity index (χ4n) is 6.24. The molecule has 164 valence electrons. The molecular weight excluding hydrogens is 396 g/mol. The van der Waals surface area contributed by atoms with Crippen LogP contribution in [0, 0.1) is 11.3 Å². The smallest absolute Gasteiger partial charge is 0.262 e. The molecule has 1 aromatic carbocycles. The van der Waals surface area contributed by atoms with Crippen molar-refractivity contribution in [3.05, 3.63) is 34.9 Å². The number of fused-ring (bicyclic) bond motifs is 3. The Morgan fingerprint density at radius 2 is 1.90 bits per heavy atom. The van der Waals surface area contributed by atoms with Crippen molar-refractivity contribution >= 4 is 23.6 Å². The number of hydrogen-bond acceptors (Lipinski definition) is 6. The molecule has 0 radical (unpaired) electrons. The molecule has 3 fully saturated rings. The molecule has 8 nitrogen and oxygen atoms in total. The summed E-state index contributed by atoms with van der Waals surface area (Å²) < 4.78 is 0. The SMILES string of the molecule is NCC(NCc1cccc2c1C(=O)N(C1CCC(=O)NC1=O)C2=O)C12CCC(CC1)C2. The molecule has 2 atom stereocenters. The summed E-state index contributed by atoms with van der Waals surface area (Å²) in [7, 11) is 0. The van der Waals surface area contributed by atoms with Gasteiger partial charge in [-0.3, -0.25) is 29.4 Å². The number of piperidine rings is 1. The highest BCUT2D eigenvalue weighted by Gasteiger charge is 2.49. The minimum atomic E-state index is -0.949. The minimum Gasteiger partial charge on any atom is -0.329 e. The number of amides is 4. The quantitative estimate of drug-likeness (QED) is 0.588. The first-order valence-corrected chi connectivity index (χ1v) is 11.2. The summed E-state index contributed by atoms with van der Waals surface area (Å²) in [5.74, 6) is -1.09. The molecule has 2 bridgehead atoms. The van der Waals surface area contributed by atoms with Crippen molar-refractivity contribution < 1.29 is 19.2 Å². The van der Waals surface area contributed by atoms with Gasteiger partial charge in [-0.1, -0.05) is 12.1 Å². The van der Waals surface area contributed by atoms with Gasteiger partial charge in [0, 0.05) is 25.6 Å². The van der Waals surface area contributed by atoms with Crippen molar-refractivity contribution in [3.63, 3.8) is 0 Å². The Labute approximate surface area is 180 Å². The van der Waals surface area contributed by atoms with E-state index < -0.39 is 23.8 Å². The molecule has 4 aliphatic rings. The largest absolute Gasteiger partial charge is 0.329 e. The van der Waals surface area contributed by atoms with Crippen molar-refractivity contribution in [1.82, 2.24) is 15.5 Å². The lowest BCUT2D eigenvalue weighted by atomic mass is 9.77. The molecule has 8 heteroatoms. The van der Waals surface area contributed by atoms with Crippen molar-refractivity contribution in [1.29, 1.82) is 0 Å². The van der Waals surface area contributed by atoms with E-state index in [0.717, 1.165) is 16.4 Å². The second-order valence-electron chi connectivity index (χ2n) is 9.47. The molecular formula is C23H28N4O4. The van der Waals surface area contributed by atoms with Gasteiger partial charge in [0.2, 0.25) is 11.8 Å². The predicted octanol–water partition coefficient (Wildman–Crippen LogP) is 1.08. The van der Waals surface area contributed by atoms with Gasteiger partial charge >= 0.3 is 0 Å². The van der Waals surface area contributed by atoms with Gasteiger partial charge in [-0.05, 0) is 61.5 Å². The summed E-state index contributed by atoms with van der Waals surface area (Å²) >= 11 is 0. The average Bonchev–Trinajstić information content (AvgIpc) is 3.43. The van der Waals surface area contributed by atoms with Crippen LogP contribution < -0.4 is 16.4 Å². The maximum absolute atomic E-state index is 13.2. The molecule has 5 rings (SSSR count). The van der Waals surface area contributed by atoms with E-state index in [2.05, 4.69) is 10.6 Å². The first-order valence-electron chi connectivity index (χ1n) is 11.2. The fraction of sp³-hybridized carbons (Fsp3) is 0.565. The molecule has 31 heavy (non-hydrogen) atoms. The maximum Gasteiger partial charge on any atom is 0.262 e. The molecule has 1 aromatic rings. The summed E-state index contributed by atoms with van der Waals surface area (Å²) in [4.78, 5) is 51.0. The number of nitrogens with zero attached hydrogens (tertiary/aromatic N) is 1. The van der Waals surface area contributed by atoms with Gasteiger partial charge in [-0.25, -0.2) is 0 Å². The predicted molar refractivity (Wildman–Crippen MR) is 112 cm³/mol. The monoisotopic (exact) mass is 424 g/mol. The number of carbonyl (C=O) groups is 4. The Balaban J connectivity index is 1.37. The lowest BCUT2D eigenvalue weighted by molar-refractivity contribution is -0.136.